The van der Waals surface area contributed by atoms with Crippen LogP contribution >= 0.6 is 11.6 Å². The fourth-order valence-electron chi connectivity index (χ4n) is 5.04. The predicted octanol–water partition coefficient (Wildman–Crippen LogP) is 9.91. The quantitative estimate of drug-likeness (QED) is 0.230. The van der Waals surface area contributed by atoms with Crippen LogP contribution in [0.4, 0.5) is 0 Å². The molecule has 1 aliphatic rings. The normalized spacial score (nSPS) is 18.0. The van der Waals surface area contributed by atoms with E-state index >= 15 is 0 Å². The van der Waals surface area contributed by atoms with Crippen molar-refractivity contribution in [2.24, 2.45) is 5.92 Å². The summed E-state index contributed by atoms with van der Waals surface area (Å²) in [5.41, 5.74) is 5.36. The molecule has 1 heteroatoms. The molecule has 0 aromatic heterocycles. The van der Waals surface area contributed by atoms with Gasteiger partial charge in [-0.25, -0.2) is 0 Å². The molecule has 0 heterocycles. The molecule has 1 fully saturated rings. The lowest BCUT2D eigenvalue weighted by molar-refractivity contribution is 0.384. The highest BCUT2D eigenvalue weighted by atomic mass is 35.5. The highest BCUT2D eigenvalue weighted by Crippen LogP contribution is 2.35. The third-order valence-corrected chi connectivity index (χ3v) is 7.62. The van der Waals surface area contributed by atoms with E-state index in [-0.39, 0.29) is 0 Å². The highest BCUT2D eigenvalue weighted by molar-refractivity contribution is 6.31. The van der Waals surface area contributed by atoms with Crippen molar-refractivity contribution in [3.63, 3.8) is 0 Å². The molecule has 3 rings (SSSR count). The van der Waals surface area contributed by atoms with Crippen LogP contribution in [0.1, 0.15) is 119 Å². The lowest BCUT2D eigenvalue weighted by atomic mass is 9.78. The summed E-state index contributed by atoms with van der Waals surface area (Å²) in [4.78, 5) is 0. The molecule has 0 unspecified atom stereocenters. The minimum Gasteiger partial charge on any atom is -0.0945 e. The van der Waals surface area contributed by atoms with Crippen LogP contribution in [0.3, 0.4) is 0 Å². The highest BCUT2D eigenvalue weighted by Gasteiger charge is 2.21. The maximum Gasteiger partial charge on any atom is 0.0450 e. The Labute approximate surface area is 208 Å². The zero-order valence-electron chi connectivity index (χ0n) is 21.0. The zero-order valence-corrected chi connectivity index (χ0v) is 21.7. The van der Waals surface area contributed by atoms with Gasteiger partial charge in [0, 0.05) is 16.5 Å². The molecular formula is C32H43Cl. The van der Waals surface area contributed by atoms with E-state index < -0.39 is 0 Å². The molecule has 0 atom stereocenters. The van der Waals surface area contributed by atoms with Gasteiger partial charge in [0.05, 0.1) is 0 Å². The average molecular weight is 463 g/mol. The lowest BCUT2D eigenvalue weighted by Gasteiger charge is -2.26. The first-order valence-corrected chi connectivity index (χ1v) is 14.0. The molecule has 2 aromatic carbocycles. The van der Waals surface area contributed by atoms with Crippen molar-refractivity contribution in [2.75, 3.05) is 0 Å². The SMILES string of the molecule is CCCCCCc1ccc(C2CCC(C#Cc3ccc(CCCCCC)c(Cl)c3)CC2)cc1. The summed E-state index contributed by atoms with van der Waals surface area (Å²) in [6.07, 6.45) is 17.7. The average Bonchev–Trinajstić information content (AvgIpc) is 2.85. The Kier molecular flexibility index (Phi) is 11.4. The van der Waals surface area contributed by atoms with Crippen LogP contribution in [-0.2, 0) is 12.8 Å². The predicted molar refractivity (Wildman–Crippen MR) is 145 cm³/mol. The largest absolute Gasteiger partial charge is 0.0945 e. The van der Waals surface area contributed by atoms with Gasteiger partial charge in [-0.15, -0.1) is 0 Å². The summed E-state index contributed by atoms with van der Waals surface area (Å²) in [5.74, 6) is 8.19. The Balaban J connectivity index is 1.45. The number of hydrogen-bond acceptors (Lipinski definition) is 0. The summed E-state index contributed by atoms with van der Waals surface area (Å²) in [5, 5.41) is 0.885. The summed E-state index contributed by atoms with van der Waals surface area (Å²) in [6, 6.07) is 15.9. The second-order valence-electron chi connectivity index (χ2n) is 9.99. The molecule has 1 aliphatic carbocycles. The Morgan fingerprint density at radius 2 is 1.42 bits per heavy atom. The van der Waals surface area contributed by atoms with E-state index in [1.165, 1.54) is 100 Å². The number of aryl methyl sites for hydroxylation is 2. The van der Waals surface area contributed by atoms with Gasteiger partial charge in [-0.2, -0.15) is 0 Å². The lowest BCUT2D eigenvalue weighted by Crippen LogP contribution is -2.12. The van der Waals surface area contributed by atoms with Gasteiger partial charge < -0.3 is 0 Å². The molecule has 0 N–H and O–H groups in total. The van der Waals surface area contributed by atoms with E-state index in [1.54, 1.807) is 0 Å². The molecule has 1 saturated carbocycles. The molecule has 2 aromatic rings. The Bertz CT molecular complexity index is 875. The molecule has 33 heavy (non-hydrogen) atoms. The Morgan fingerprint density at radius 3 is 2.06 bits per heavy atom. The van der Waals surface area contributed by atoms with Crippen LogP contribution in [0.25, 0.3) is 0 Å². The summed E-state index contributed by atoms with van der Waals surface area (Å²) in [6.45, 7) is 4.53. The smallest absolute Gasteiger partial charge is 0.0450 e. The second kappa shape index (κ2) is 14.5. The summed E-state index contributed by atoms with van der Waals surface area (Å²) >= 11 is 6.54. The minimum atomic E-state index is 0.520. The van der Waals surface area contributed by atoms with Crippen LogP contribution in [0.2, 0.25) is 5.02 Å². The number of hydrogen-bond donors (Lipinski definition) is 0. The van der Waals surface area contributed by atoms with Gasteiger partial charge in [0.2, 0.25) is 0 Å². The summed E-state index contributed by atoms with van der Waals surface area (Å²) in [7, 11) is 0. The number of benzene rings is 2. The van der Waals surface area contributed by atoms with Gasteiger partial charge in [0.25, 0.3) is 0 Å². The third-order valence-electron chi connectivity index (χ3n) is 7.27. The van der Waals surface area contributed by atoms with Crippen molar-refractivity contribution >= 4 is 11.6 Å². The topological polar surface area (TPSA) is 0 Å². The van der Waals surface area contributed by atoms with Gasteiger partial charge in [-0.3, -0.25) is 0 Å². The first-order chi connectivity index (χ1) is 16.2. The van der Waals surface area contributed by atoms with Gasteiger partial charge in [0.1, 0.15) is 0 Å². The van der Waals surface area contributed by atoms with Gasteiger partial charge in [-0.05, 0) is 86.1 Å². The monoisotopic (exact) mass is 462 g/mol. The van der Waals surface area contributed by atoms with Crippen LogP contribution in [0.5, 0.6) is 0 Å². The van der Waals surface area contributed by atoms with E-state index in [0.717, 1.165) is 17.0 Å². The molecule has 0 amide bonds. The van der Waals surface area contributed by atoms with E-state index in [0.29, 0.717) is 11.8 Å². The van der Waals surface area contributed by atoms with Crippen molar-refractivity contribution in [1.82, 2.24) is 0 Å². The minimum absolute atomic E-state index is 0.520. The molecule has 0 spiro atoms. The fraction of sp³-hybridized carbons (Fsp3) is 0.562. The maximum absolute atomic E-state index is 6.54. The first-order valence-electron chi connectivity index (χ1n) is 13.6. The van der Waals surface area contributed by atoms with Crippen molar-refractivity contribution in [3.05, 3.63) is 69.7 Å². The number of halogens is 1. The van der Waals surface area contributed by atoms with Crippen LogP contribution in [0.15, 0.2) is 42.5 Å². The molecule has 178 valence electrons. The van der Waals surface area contributed by atoms with E-state index in [2.05, 4.69) is 68.2 Å². The van der Waals surface area contributed by atoms with Gasteiger partial charge >= 0.3 is 0 Å². The Hall–Kier alpha value is -1.71. The van der Waals surface area contributed by atoms with E-state index in [4.69, 9.17) is 11.6 Å². The van der Waals surface area contributed by atoms with Crippen LogP contribution in [0, 0.1) is 17.8 Å². The van der Waals surface area contributed by atoms with E-state index in [9.17, 15) is 0 Å². The van der Waals surface area contributed by atoms with Crippen molar-refractivity contribution in [1.29, 1.82) is 0 Å². The third kappa shape index (κ3) is 8.87. The van der Waals surface area contributed by atoms with E-state index in [1.807, 2.05) is 0 Å². The molecule has 0 nitrogen and oxygen atoms in total. The standard InChI is InChI=1S/C32H43Cl/c1-3-5-7-9-11-26-15-20-29(21-16-26)30-22-17-27(18-23-30)13-14-28-19-24-31(32(33)25-28)12-10-8-6-4-2/h15-16,19-21,24-25,27,30H,3-12,17-18,22-23H2,1-2H3. The zero-order chi connectivity index (χ0) is 23.3. The molecular weight excluding hydrogens is 420 g/mol. The molecule has 0 aliphatic heterocycles. The van der Waals surface area contributed by atoms with Gasteiger partial charge in [0.15, 0.2) is 0 Å². The number of rotatable bonds is 11. The van der Waals surface area contributed by atoms with Crippen molar-refractivity contribution in [2.45, 2.75) is 110 Å². The first kappa shape index (κ1) is 25.9. The van der Waals surface area contributed by atoms with Crippen LogP contribution in [-0.4, -0.2) is 0 Å². The van der Waals surface area contributed by atoms with Crippen molar-refractivity contribution in [3.8, 4) is 11.8 Å². The molecule has 0 bridgehead atoms. The van der Waals surface area contributed by atoms with Gasteiger partial charge in [-0.1, -0.05) is 106 Å². The fourth-order valence-corrected chi connectivity index (χ4v) is 5.31. The number of unbranched alkanes of at least 4 members (excludes halogenated alkanes) is 6. The maximum atomic E-state index is 6.54. The Morgan fingerprint density at radius 1 is 0.758 bits per heavy atom. The summed E-state index contributed by atoms with van der Waals surface area (Å²) < 4.78 is 0. The molecule has 0 radical (unpaired) electrons. The van der Waals surface area contributed by atoms with Crippen LogP contribution < -0.4 is 0 Å². The second-order valence-corrected chi connectivity index (χ2v) is 10.4. The molecule has 0 saturated heterocycles. The van der Waals surface area contributed by atoms with Crippen molar-refractivity contribution < 1.29 is 0 Å².